The molecule has 0 atom stereocenters. The summed E-state index contributed by atoms with van der Waals surface area (Å²) >= 11 is 0. The van der Waals surface area contributed by atoms with Crippen molar-refractivity contribution in [2.45, 2.75) is 19.8 Å². The summed E-state index contributed by atoms with van der Waals surface area (Å²) in [5.41, 5.74) is 2.63. The molecule has 0 unspecified atom stereocenters. The van der Waals surface area contributed by atoms with Gasteiger partial charge in [0.25, 0.3) is 5.56 Å². The van der Waals surface area contributed by atoms with Gasteiger partial charge in [0.2, 0.25) is 0 Å². The normalized spacial score (nSPS) is 11.4. The van der Waals surface area contributed by atoms with Crippen molar-refractivity contribution in [1.82, 2.24) is 19.7 Å². The van der Waals surface area contributed by atoms with Gasteiger partial charge in [-0.2, -0.15) is 5.10 Å². The molecule has 0 fully saturated rings. The van der Waals surface area contributed by atoms with Crippen LogP contribution in [-0.2, 0) is 7.05 Å². The average molecular weight is 284 g/mol. The SMILES string of the molecule is CC(C)c1cc2[nH]c(=O)[nH]c(=O)c2cc1-c1ccnn1C. The molecule has 1 aromatic carbocycles. The standard InChI is InChI=1S/C15H16N4O2/c1-8(2)9-7-12-11(14(20)18-15(21)17-12)6-10(9)13-4-5-16-19(13)3/h4-8H,1-3H3,(H2,17,18,20,21). The van der Waals surface area contributed by atoms with Crippen LogP contribution in [-0.4, -0.2) is 19.7 Å². The lowest BCUT2D eigenvalue weighted by Gasteiger charge is -2.14. The van der Waals surface area contributed by atoms with Crippen LogP contribution in [0.2, 0.25) is 0 Å². The smallest absolute Gasteiger partial charge is 0.307 e. The lowest BCUT2D eigenvalue weighted by molar-refractivity contribution is 0.772. The third-order valence-corrected chi connectivity index (χ3v) is 3.63. The molecule has 108 valence electrons. The molecule has 2 N–H and O–H groups in total. The molecule has 0 saturated carbocycles. The van der Waals surface area contributed by atoms with Crippen LogP contribution in [0.3, 0.4) is 0 Å². The second kappa shape index (κ2) is 4.73. The van der Waals surface area contributed by atoms with Gasteiger partial charge in [-0.3, -0.25) is 14.5 Å². The molecule has 3 rings (SSSR count). The van der Waals surface area contributed by atoms with Crippen molar-refractivity contribution in [2.24, 2.45) is 7.05 Å². The highest BCUT2D eigenvalue weighted by Gasteiger charge is 2.14. The van der Waals surface area contributed by atoms with Crippen LogP contribution in [0.5, 0.6) is 0 Å². The van der Waals surface area contributed by atoms with Crippen molar-refractivity contribution < 1.29 is 0 Å². The number of hydrogen-bond acceptors (Lipinski definition) is 3. The number of aryl methyl sites for hydroxylation is 1. The quantitative estimate of drug-likeness (QED) is 0.752. The zero-order valence-electron chi connectivity index (χ0n) is 12.1. The first-order chi connectivity index (χ1) is 9.97. The minimum absolute atomic E-state index is 0.252. The number of aromatic amines is 2. The Kier molecular flexibility index (Phi) is 3.01. The Morgan fingerprint density at radius 2 is 1.95 bits per heavy atom. The van der Waals surface area contributed by atoms with Crippen LogP contribution in [0.25, 0.3) is 22.2 Å². The lowest BCUT2D eigenvalue weighted by atomic mass is 9.93. The summed E-state index contributed by atoms with van der Waals surface area (Å²) in [6.45, 7) is 4.15. The zero-order chi connectivity index (χ0) is 15.1. The average Bonchev–Trinajstić information content (AvgIpc) is 2.83. The van der Waals surface area contributed by atoms with Crippen LogP contribution in [0.15, 0.2) is 34.0 Å². The highest BCUT2D eigenvalue weighted by atomic mass is 16.2. The molecule has 0 bridgehead atoms. The molecule has 0 radical (unpaired) electrons. The summed E-state index contributed by atoms with van der Waals surface area (Å²) in [6.07, 6.45) is 1.72. The number of aromatic nitrogens is 4. The molecule has 21 heavy (non-hydrogen) atoms. The minimum Gasteiger partial charge on any atom is -0.307 e. The Morgan fingerprint density at radius 3 is 2.57 bits per heavy atom. The van der Waals surface area contributed by atoms with Crippen molar-refractivity contribution in [1.29, 1.82) is 0 Å². The first-order valence-electron chi connectivity index (χ1n) is 6.76. The summed E-state index contributed by atoms with van der Waals surface area (Å²) in [5, 5.41) is 4.65. The van der Waals surface area contributed by atoms with E-state index in [1.807, 2.05) is 25.2 Å². The van der Waals surface area contributed by atoms with Crippen molar-refractivity contribution in [3.05, 3.63) is 50.8 Å². The minimum atomic E-state index is -0.490. The zero-order valence-corrected chi connectivity index (χ0v) is 12.1. The Morgan fingerprint density at radius 1 is 1.19 bits per heavy atom. The molecule has 0 aliphatic heterocycles. The first-order valence-corrected chi connectivity index (χ1v) is 6.76. The fourth-order valence-corrected chi connectivity index (χ4v) is 2.57. The molecule has 6 heteroatoms. The molecular formula is C15H16N4O2. The fourth-order valence-electron chi connectivity index (χ4n) is 2.57. The lowest BCUT2D eigenvalue weighted by Crippen LogP contribution is -2.22. The number of rotatable bonds is 2. The van der Waals surface area contributed by atoms with E-state index < -0.39 is 5.69 Å². The molecule has 0 aliphatic carbocycles. The van der Waals surface area contributed by atoms with Crippen LogP contribution in [0.4, 0.5) is 0 Å². The largest absolute Gasteiger partial charge is 0.326 e. The van der Waals surface area contributed by atoms with E-state index in [1.54, 1.807) is 10.9 Å². The van der Waals surface area contributed by atoms with Gasteiger partial charge in [0, 0.05) is 18.8 Å². The van der Waals surface area contributed by atoms with Crippen molar-refractivity contribution in [3.63, 3.8) is 0 Å². The van der Waals surface area contributed by atoms with Gasteiger partial charge in [0.1, 0.15) is 0 Å². The number of nitrogens with zero attached hydrogens (tertiary/aromatic N) is 2. The first kappa shape index (κ1) is 13.4. The molecule has 0 aliphatic rings. The summed E-state index contributed by atoms with van der Waals surface area (Å²) < 4.78 is 1.77. The van der Waals surface area contributed by atoms with Crippen molar-refractivity contribution in [2.75, 3.05) is 0 Å². The maximum atomic E-state index is 12.0. The van der Waals surface area contributed by atoms with E-state index in [1.165, 1.54) is 0 Å². The monoisotopic (exact) mass is 284 g/mol. The van der Waals surface area contributed by atoms with E-state index in [0.717, 1.165) is 16.8 Å². The second-order valence-corrected chi connectivity index (χ2v) is 5.39. The van der Waals surface area contributed by atoms with Gasteiger partial charge in [-0.1, -0.05) is 13.8 Å². The van der Waals surface area contributed by atoms with Crippen LogP contribution in [0.1, 0.15) is 25.3 Å². The van der Waals surface area contributed by atoms with Gasteiger partial charge >= 0.3 is 5.69 Å². The Labute approximate surface area is 120 Å². The van der Waals surface area contributed by atoms with Crippen LogP contribution >= 0.6 is 0 Å². The summed E-state index contributed by atoms with van der Waals surface area (Å²) in [6, 6.07) is 5.60. The highest BCUT2D eigenvalue weighted by molar-refractivity contribution is 5.85. The molecule has 0 saturated heterocycles. The highest BCUT2D eigenvalue weighted by Crippen LogP contribution is 2.31. The number of nitrogens with one attached hydrogen (secondary N) is 2. The Balaban J connectivity index is 2.43. The molecule has 0 amide bonds. The predicted octanol–water partition coefficient (Wildman–Crippen LogP) is 1.74. The van der Waals surface area contributed by atoms with Crippen LogP contribution < -0.4 is 11.2 Å². The van der Waals surface area contributed by atoms with Crippen molar-refractivity contribution in [3.8, 4) is 11.3 Å². The fraction of sp³-hybridized carbons (Fsp3) is 0.267. The number of hydrogen-bond donors (Lipinski definition) is 2. The van der Waals surface area contributed by atoms with Gasteiger partial charge in [0.05, 0.1) is 16.6 Å². The molecular weight excluding hydrogens is 268 g/mol. The van der Waals surface area contributed by atoms with E-state index in [9.17, 15) is 9.59 Å². The summed E-state index contributed by atoms with van der Waals surface area (Å²) in [4.78, 5) is 28.4. The Hall–Kier alpha value is -2.63. The summed E-state index contributed by atoms with van der Waals surface area (Å²) in [5.74, 6) is 0.252. The molecule has 2 aromatic heterocycles. The maximum Gasteiger partial charge on any atom is 0.326 e. The van der Waals surface area contributed by atoms with E-state index in [0.29, 0.717) is 10.9 Å². The third kappa shape index (κ3) is 2.18. The number of benzene rings is 1. The number of fused-ring (bicyclic) bond motifs is 1. The van der Waals surface area contributed by atoms with Gasteiger partial charge in [-0.05, 0) is 29.7 Å². The predicted molar refractivity (Wildman–Crippen MR) is 81.5 cm³/mol. The number of H-pyrrole nitrogens is 2. The van der Waals surface area contributed by atoms with E-state index in [4.69, 9.17) is 0 Å². The van der Waals surface area contributed by atoms with Gasteiger partial charge in [0.15, 0.2) is 0 Å². The maximum absolute atomic E-state index is 12.0. The van der Waals surface area contributed by atoms with Gasteiger partial charge in [-0.25, -0.2) is 4.79 Å². The van der Waals surface area contributed by atoms with E-state index in [2.05, 4.69) is 28.9 Å². The summed E-state index contributed by atoms with van der Waals surface area (Å²) in [7, 11) is 1.86. The molecule has 0 spiro atoms. The van der Waals surface area contributed by atoms with Crippen LogP contribution in [0, 0.1) is 0 Å². The third-order valence-electron chi connectivity index (χ3n) is 3.63. The second-order valence-electron chi connectivity index (χ2n) is 5.39. The molecule has 6 nitrogen and oxygen atoms in total. The van der Waals surface area contributed by atoms with E-state index >= 15 is 0 Å². The topological polar surface area (TPSA) is 83.5 Å². The van der Waals surface area contributed by atoms with Gasteiger partial charge in [-0.15, -0.1) is 0 Å². The molecule has 2 heterocycles. The van der Waals surface area contributed by atoms with Crippen molar-refractivity contribution >= 4 is 10.9 Å². The Bertz CT molecular complexity index is 931. The van der Waals surface area contributed by atoms with Gasteiger partial charge < -0.3 is 4.98 Å². The van der Waals surface area contributed by atoms with E-state index in [-0.39, 0.29) is 11.5 Å². The molecule has 3 aromatic rings.